The maximum atomic E-state index is 11.7. The zero-order valence-electron chi connectivity index (χ0n) is 64.9. The van der Waals surface area contributed by atoms with Crippen LogP contribution in [0, 0.1) is 11.8 Å². The van der Waals surface area contributed by atoms with Gasteiger partial charge in [-0.25, -0.2) is 0 Å². The van der Waals surface area contributed by atoms with Crippen LogP contribution < -0.4 is 0 Å². The smallest absolute Gasteiger partial charge is 0.311 e. The molecule has 111 heavy (non-hydrogen) atoms. The predicted molar refractivity (Wildman–Crippen MR) is 435 cm³/mol. The van der Waals surface area contributed by atoms with E-state index >= 15 is 0 Å². The van der Waals surface area contributed by atoms with Crippen molar-refractivity contribution in [1.29, 1.82) is 0 Å². The maximum absolute atomic E-state index is 11.7. The molecule has 2 fully saturated rings. The zero-order chi connectivity index (χ0) is 79.5. The fourth-order valence-electron chi connectivity index (χ4n) is 15.4. The highest BCUT2D eigenvalue weighted by molar-refractivity contribution is 5.93. The predicted octanol–water partition coefficient (Wildman–Crippen LogP) is 20.7. The molecule has 0 saturated heterocycles. The van der Waals surface area contributed by atoms with Crippen molar-refractivity contribution in [3.8, 4) is 0 Å². The summed E-state index contributed by atoms with van der Waals surface area (Å²) in [6.45, 7) is 11.8. The molecule has 0 spiro atoms. The Hall–Kier alpha value is -10.7. The molecule has 0 radical (unpaired) electrons. The molecule has 0 amide bonds. The van der Waals surface area contributed by atoms with Crippen LogP contribution >= 0.6 is 0 Å². The number of aliphatic carboxylic acids is 5. The minimum Gasteiger partial charge on any atom is -0.481 e. The molecule has 2 aliphatic carbocycles. The Bertz CT molecular complexity index is 4780. The van der Waals surface area contributed by atoms with Gasteiger partial charge in [-0.05, 0) is 175 Å². The van der Waals surface area contributed by atoms with Gasteiger partial charge >= 0.3 is 41.8 Å². The Morgan fingerprint density at radius 1 is 0.360 bits per heavy atom. The lowest BCUT2D eigenvalue weighted by Crippen LogP contribution is -2.23. The quantitative estimate of drug-likeness (QED) is 0.0143. The highest BCUT2D eigenvalue weighted by Gasteiger charge is 2.31. The van der Waals surface area contributed by atoms with Gasteiger partial charge in [-0.2, -0.15) is 0 Å². The van der Waals surface area contributed by atoms with Gasteiger partial charge in [-0.1, -0.05) is 186 Å². The molecule has 2 saturated carbocycles. The second-order valence-electron chi connectivity index (χ2n) is 31.3. The summed E-state index contributed by atoms with van der Waals surface area (Å²) in [4.78, 5) is 97.3. The molecule has 2 aliphatic rings. The molecule has 10 N–H and O–H groups in total. The summed E-state index contributed by atoms with van der Waals surface area (Å²) in [5, 5.41) is 52.8. The maximum Gasteiger partial charge on any atom is 0.311 e. The molecule has 5 unspecified atom stereocenters. The van der Waals surface area contributed by atoms with Gasteiger partial charge in [0.25, 0.3) is 0 Å². The highest BCUT2D eigenvalue weighted by Crippen LogP contribution is 2.39. The van der Waals surface area contributed by atoms with E-state index in [1.807, 2.05) is 212 Å². The fraction of sp³-hybridized carbons (Fsp3) is 0.418. The highest BCUT2D eigenvalue weighted by atomic mass is 16.6. The first-order chi connectivity index (χ1) is 53.3. The number of esters is 2. The number of unbranched alkanes of at least 4 members (excludes halogenated alkanes) is 2. The van der Waals surface area contributed by atoms with E-state index in [2.05, 4.69) is 24.9 Å². The average molecular weight is 1510 g/mol. The third kappa shape index (κ3) is 25.4. The van der Waals surface area contributed by atoms with Gasteiger partial charge in [0, 0.05) is 112 Å². The molecule has 20 heteroatoms. The van der Waals surface area contributed by atoms with Crippen LogP contribution in [0.25, 0.3) is 54.5 Å². The Labute approximate surface area is 649 Å². The van der Waals surface area contributed by atoms with Crippen molar-refractivity contribution in [3.05, 3.63) is 216 Å². The Kier molecular flexibility index (Phi) is 31.4. The van der Waals surface area contributed by atoms with E-state index in [1.165, 1.54) is 56.9 Å². The van der Waals surface area contributed by atoms with Crippen LogP contribution in [-0.4, -0.2) is 117 Å². The number of carboxylic acid groups (broad SMARTS) is 5. The lowest BCUT2D eigenvalue weighted by atomic mass is 9.88. The molecule has 13 rings (SSSR count). The SMILES string of the molecule is CC(C)(C)OC(=O)CCCCCC(C(=O)O)c1c[nH]c2ccccc12.CC(C)(C)OC(=O)CCCOCCC(C(=O)O)c1c[nH]c2ccccc12.O=C(O)C(CC1CCCC1)c1c[nH]c2ccccc12.O=C(O)C(CCC1CCCC1)c1c[nH]c2ccccc12.O=C(O)C(CCc1ccccc1)c1c[nH]c2ccccc12. The number of aromatic nitrogens is 5. The third-order valence-corrected chi connectivity index (χ3v) is 20.9. The van der Waals surface area contributed by atoms with Crippen LogP contribution in [0.2, 0.25) is 0 Å². The van der Waals surface area contributed by atoms with Gasteiger partial charge in [0.1, 0.15) is 11.2 Å². The third-order valence-electron chi connectivity index (χ3n) is 20.9. The first-order valence-corrected chi connectivity index (χ1v) is 39.3. The number of hydrogen-bond donors (Lipinski definition) is 10. The molecule has 5 atom stereocenters. The van der Waals surface area contributed by atoms with Crippen molar-refractivity contribution in [1.82, 2.24) is 24.9 Å². The van der Waals surface area contributed by atoms with Crippen molar-refractivity contribution in [2.45, 2.75) is 217 Å². The number of carboxylic acids is 5. The normalized spacial score (nSPS) is 14.5. The number of benzene rings is 6. The number of H-pyrrole nitrogens is 5. The minimum absolute atomic E-state index is 0.195. The second-order valence-corrected chi connectivity index (χ2v) is 31.3. The first kappa shape index (κ1) is 84.3. The number of para-hydroxylation sites is 5. The van der Waals surface area contributed by atoms with E-state index in [0.717, 1.165) is 133 Å². The number of rotatable bonds is 31. The molecule has 590 valence electrons. The Morgan fingerprint density at radius 2 is 0.685 bits per heavy atom. The Morgan fingerprint density at radius 3 is 1.06 bits per heavy atom. The van der Waals surface area contributed by atoms with E-state index in [1.54, 1.807) is 12.4 Å². The molecule has 11 aromatic rings. The Balaban J connectivity index is 0.000000160. The van der Waals surface area contributed by atoms with Gasteiger partial charge in [0.05, 0.1) is 29.6 Å². The molecule has 20 nitrogen and oxygen atoms in total. The lowest BCUT2D eigenvalue weighted by molar-refractivity contribution is -0.156. The summed E-state index contributed by atoms with van der Waals surface area (Å²) in [6.07, 6.45) is 27.6. The number of ether oxygens (including phenoxy) is 3. The summed E-state index contributed by atoms with van der Waals surface area (Å²) in [7, 11) is 0. The molecule has 0 aliphatic heterocycles. The number of fused-ring (bicyclic) bond motifs is 5. The van der Waals surface area contributed by atoms with Gasteiger partial charge in [0.15, 0.2) is 0 Å². The summed E-state index contributed by atoms with van der Waals surface area (Å²) >= 11 is 0. The topological polar surface area (TPSA) is 327 Å². The van der Waals surface area contributed by atoms with Crippen LogP contribution in [0.15, 0.2) is 183 Å². The van der Waals surface area contributed by atoms with Crippen LogP contribution in [0.1, 0.15) is 233 Å². The van der Waals surface area contributed by atoms with Gasteiger partial charge in [0.2, 0.25) is 0 Å². The van der Waals surface area contributed by atoms with Gasteiger partial charge in [-0.3, -0.25) is 33.6 Å². The average Bonchev–Trinajstić information content (AvgIpc) is 1.81. The largest absolute Gasteiger partial charge is 0.481 e. The number of carbonyl (C=O) groups excluding carboxylic acids is 2. The summed E-state index contributed by atoms with van der Waals surface area (Å²) < 4.78 is 16.0. The standard InChI is InChI=1S/C20H27NO5.C20H27NO4.C18H17NO2.C17H21NO2.C16H19NO2/c1-20(2,3)26-18(22)9-6-11-25-12-10-15(19(23)24)16-13-21-17-8-5-4-7-14(16)17;1-20(2,3)25-18(22)12-6-4-5-10-15(19(23)24)16-13-21-17-11-8-7-9-14(16)17;20-18(21)15(11-10-13-6-2-1-3-7-13)16-12-19-17-9-5-4-8-14(16)17;19-17(20)14(10-9-12-5-1-2-6-12)15-11-18-16-8-4-3-7-13(15)16;18-16(19)13(9-11-5-1-2-6-11)14-10-17-15-8-4-3-7-12(14)15/h4-5,7-8,13,15,21H,6,9-12H2,1-3H3,(H,23,24);7-9,11,13,15,21H,4-6,10,12H2,1-3H3,(H,23,24);1-9,12,15,19H,10-11H2,(H,20,21);3-4,7-8,11-12,14,18H,1-2,5-6,9-10H2,(H,19,20);3-4,7-8,10-11,13,17H,1-2,5-6,9H2,(H,18,19). The van der Waals surface area contributed by atoms with E-state index < -0.39 is 58.8 Å². The number of hydrogen-bond acceptors (Lipinski definition) is 10. The molecule has 5 aromatic heterocycles. The van der Waals surface area contributed by atoms with Crippen LogP contribution in [0.5, 0.6) is 0 Å². The number of carbonyl (C=O) groups is 7. The second kappa shape index (κ2) is 41.3. The van der Waals surface area contributed by atoms with Crippen LogP contribution in [0.3, 0.4) is 0 Å². The van der Waals surface area contributed by atoms with Crippen molar-refractivity contribution in [2.75, 3.05) is 13.2 Å². The van der Waals surface area contributed by atoms with Crippen LogP contribution in [0.4, 0.5) is 0 Å². The molecule has 6 aromatic carbocycles. The van der Waals surface area contributed by atoms with Crippen molar-refractivity contribution in [3.63, 3.8) is 0 Å². The lowest BCUT2D eigenvalue weighted by Gasteiger charge is -2.19. The van der Waals surface area contributed by atoms with E-state index in [4.69, 9.17) is 14.2 Å². The molecule has 0 bridgehead atoms. The van der Waals surface area contributed by atoms with E-state index in [9.17, 15) is 59.1 Å². The number of aromatic amines is 5. The summed E-state index contributed by atoms with van der Waals surface area (Å²) in [6, 6.07) is 49.1. The van der Waals surface area contributed by atoms with Crippen LogP contribution in [-0.2, 0) is 54.2 Å². The molecular formula is C91H111N5O15. The van der Waals surface area contributed by atoms with Gasteiger partial charge in [-0.15, -0.1) is 0 Å². The zero-order valence-corrected chi connectivity index (χ0v) is 64.9. The van der Waals surface area contributed by atoms with Gasteiger partial charge < -0.3 is 64.7 Å². The molecular weight excluding hydrogens is 1400 g/mol. The number of nitrogens with one attached hydrogen (secondary N) is 5. The summed E-state index contributed by atoms with van der Waals surface area (Å²) in [5.74, 6) is -5.37. The number of aryl methyl sites for hydroxylation is 1. The molecule has 5 heterocycles. The first-order valence-electron chi connectivity index (χ1n) is 39.3. The van der Waals surface area contributed by atoms with E-state index in [-0.39, 0.29) is 23.8 Å². The van der Waals surface area contributed by atoms with E-state index in [0.29, 0.717) is 57.7 Å². The monoisotopic (exact) mass is 1510 g/mol. The minimum atomic E-state index is -0.868. The fourth-order valence-corrected chi connectivity index (χ4v) is 15.4. The van der Waals surface area contributed by atoms with Crippen molar-refractivity contribution < 1.29 is 73.3 Å². The summed E-state index contributed by atoms with van der Waals surface area (Å²) in [5.41, 5.74) is 9.48. The van der Waals surface area contributed by atoms with Crippen molar-refractivity contribution in [2.24, 2.45) is 11.8 Å². The van der Waals surface area contributed by atoms with Crippen molar-refractivity contribution >= 4 is 96.3 Å².